The lowest BCUT2D eigenvalue weighted by Crippen LogP contribution is -2.49. The predicted molar refractivity (Wildman–Crippen MR) is 107 cm³/mol. The molecule has 2 saturated heterocycles. The number of β-amino-alcohol motifs (C(OH)–C–C–N with tert-alkyl or cyclic N) is 1. The van der Waals surface area contributed by atoms with Gasteiger partial charge in [-0.2, -0.15) is 0 Å². The van der Waals surface area contributed by atoms with Crippen LogP contribution in [0.2, 0.25) is 0 Å². The van der Waals surface area contributed by atoms with Gasteiger partial charge in [0.05, 0.1) is 11.8 Å². The van der Waals surface area contributed by atoms with E-state index in [4.69, 9.17) is 9.40 Å². The van der Waals surface area contributed by atoms with Crippen LogP contribution < -0.4 is 0 Å². The minimum atomic E-state index is -0.130. The summed E-state index contributed by atoms with van der Waals surface area (Å²) < 4.78 is 5.95. The second kappa shape index (κ2) is 8.13. The van der Waals surface area contributed by atoms with Crippen molar-refractivity contribution in [2.45, 2.75) is 58.2 Å². The second-order valence-corrected chi connectivity index (χ2v) is 8.19. The van der Waals surface area contributed by atoms with Crippen LogP contribution in [0.3, 0.4) is 0 Å². The topological polar surface area (TPSA) is 52.7 Å². The highest BCUT2D eigenvalue weighted by Gasteiger charge is 2.28. The lowest BCUT2D eigenvalue weighted by atomic mass is 9.99. The third-order valence-corrected chi connectivity index (χ3v) is 6.03. The molecule has 2 aliphatic rings. The highest BCUT2D eigenvalue weighted by atomic mass is 16.4. The molecule has 0 amide bonds. The van der Waals surface area contributed by atoms with Crippen LogP contribution in [0.25, 0.3) is 11.5 Å². The van der Waals surface area contributed by atoms with Gasteiger partial charge in [0.1, 0.15) is 5.76 Å². The molecule has 5 heteroatoms. The molecule has 2 aliphatic heterocycles. The van der Waals surface area contributed by atoms with Crippen molar-refractivity contribution < 1.29 is 9.52 Å². The minimum Gasteiger partial charge on any atom is -0.441 e. The summed E-state index contributed by atoms with van der Waals surface area (Å²) in [5.74, 6) is 1.65. The molecular formula is C22H31N3O2. The quantitative estimate of drug-likeness (QED) is 0.895. The number of oxazole rings is 1. The maximum Gasteiger partial charge on any atom is 0.226 e. The largest absolute Gasteiger partial charge is 0.441 e. The number of aliphatic hydroxyl groups excluding tert-OH is 1. The van der Waals surface area contributed by atoms with E-state index in [0.29, 0.717) is 6.04 Å². The van der Waals surface area contributed by atoms with Gasteiger partial charge in [-0.25, -0.2) is 4.98 Å². The fourth-order valence-electron chi connectivity index (χ4n) is 4.45. The van der Waals surface area contributed by atoms with E-state index < -0.39 is 0 Å². The van der Waals surface area contributed by atoms with E-state index in [1.807, 2.05) is 13.0 Å². The van der Waals surface area contributed by atoms with Crippen molar-refractivity contribution in [3.8, 4) is 11.5 Å². The Morgan fingerprint density at radius 1 is 1.15 bits per heavy atom. The number of hydrogen-bond donors (Lipinski definition) is 1. The van der Waals surface area contributed by atoms with Gasteiger partial charge in [0.15, 0.2) is 0 Å². The van der Waals surface area contributed by atoms with Crippen LogP contribution in [0, 0.1) is 13.8 Å². The van der Waals surface area contributed by atoms with Crippen molar-refractivity contribution >= 4 is 0 Å². The van der Waals surface area contributed by atoms with Crippen LogP contribution in [0.15, 0.2) is 28.7 Å². The lowest BCUT2D eigenvalue weighted by Gasteiger charge is -2.41. The first-order chi connectivity index (χ1) is 13.1. The minimum absolute atomic E-state index is 0.130. The van der Waals surface area contributed by atoms with E-state index in [0.717, 1.165) is 68.5 Å². The lowest BCUT2D eigenvalue weighted by molar-refractivity contribution is 0.0242. The highest BCUT2D eigenvalue weighted by Crippen LogP contribution is 2.25. The standard InChI is InChI=1S/C22H31N3O2/c1-16-5-3-6-18(13-16)22-23-21(17(2)27-22)15-24-11-8-19(9-12-24)25-10-4-7-20(26)14-25/h3,5-6,13,19-20,26H,4,7-12,14-15H2,1-2H3. The summed E-state index contributed by atoms with van der Waals surface area (Å²) >= 11 is 0. The van der Waals surface area contributed by atoms with Gasteiger partial charge < -0.3 is 9.52 Å². The first kappa shape index (κ1) is 18.7. The summed E-state index contributed by atoms with van der Waals surface area (Å²) in [5.41, 5.74) is 3.32. The van der Waals surface area contributed by atoms with Gasteiger partial charge in [0.25, 0.3) is 0 Å². The van der Waals surface area contributed by atoms with Crippen molar-refractivity contribution in [3.05, 3.63) is 41.3 Å². The van der Waals surface area contributed by atoms with Gasteiger partial charge in [-0.05, 0) is 58.2 Å². The number of aromatic nitrogens is 1. The molecule has 1 aromatic carbocycles. The third-order valence-electron chi connectivity index (χ3n) is 6.03. The molecule has 1 unspecified atom stereocenters. The van der Waals surface area contributed by atoms with E-state index in [9.17, 15) is 5.11 Å². The molecule has 0 bridgehead atoms. The van der Waals surface area contributed by atoms with Gasteiger partial charge in [0.2, 0.25) is 5.89 Å². The number of benzene rings is 1. The molecule has 146 valence electrons. The summed E-state index contributed by atoms with van der Waals surface area (Å²) in [6.07, 6.45) is 4.31. The summed E-state index contributed by atoms with van der Waals surface area (Å²) in [6, 6.07) is 8.93. The average Bonchev–Trinajstić information content (AvgIpc) is 3.03. The molecule has 1 aromatic heterocycles. The molecule has 0 radical (unpaired) electrons. The van der Waals surface area contributed by atoms with E-state index in [-0.39, 0.29) is 6.10 Å². The Labute approximate surface area is 162 Å². The summed E-state index contributed by atoms with van der Waals surface area (Å²) in [4.78, 5) is 9.77. The zero-order valence-corrected chi connectivity index (χ0v) is 16.5. The third kappa shape index (κ3) is 4.42. The van der Waals surface area contributed by atoms with Crippen molar-refractivity contribution in [2.24, 2.45) is 0 Å². The Morgan fingerprint density at radius 3 is 2.70 bits per heavy atom. The number of rotatable bonds is 4. The molecule has 4 rings (SSSR count). The summed E-state index contributed by atoms with van der Waals surface area (Å²) in [7, 11) is 0. The van der Waals surface area contributed by atoms with Gasteiger partial charge in [0, 0.05) is 37.8 Å². The Hall–Kier alpha value is -1.69. The Balaban J connectivity index is 1.35. The Morgan fingerprint density at radius 2 is 1.96 bits per heavy atom. The molecule has 5 nitrogen and oxygen atoms in total. The number of likely N-dealkylation sites (tertiary alicyclic amines) is 2. The number of hydrogen-bond acceptors (Lipinski definition) is 5. The second-order valence-electron chi connectivity index (χ2n) is 8.19. The SMILES string of the molecule is Cc1cccc(-c2nc(CN3CCC(N4CCCC(O)C4)CC3)c(C)o2)c1. The smallest absolute Gasteiger partial charge is 0.226 e. The molecule has 2 fully saturated rings. The normalized spacial score (nSPS) is 23.0. The van der Waals surface area contributed by atoms with E-state index >= 15 is 0 Å². The zero-order chi connectivity index (χ0) is 18.8. The monoisotopic (exact) mass is 369 g/mol. The van der Waals surface area contributed by atoms with Crippen LogP contribution >= 0.6 is 0 Å². The molecular weight excluding hydrogens is 338 g/mol. The van der Waals surface area contributed by atoms with Crippen LogP contribution in [-0.2, 0) is 6.54 Å². The summed E-state index contributed by atoms with van der Waals surface area (Å²) in [6.45, 7) is 9.13. The molecule has 1 N–H and O–H groups in total. The summed E-state index contributed by atoms with van der Waals surface area (Å²) in [5, 5.41) is 9.93. The van der Waals surface area contributed by atoms with Gasteiger partial charge in [-0.3, -0.25) is 9.80 Å². The first-order valence-corrected chi connectivity index (χ1v) is 10.3. The zero-order valence-electron chi connectivity index (χ0n) is 16.5. The Kier molecular flexibility index (Phi) is 5.62. The van der Waals surface area contributed by atoms with Crippen molar-refractivity contribution in [2.75, 3.05) is 26.2 Å². The van der Waals surface area contributed by atoms with Crippen molar-refractivity contribution in [3.63, 3.8) is 0 Å². The van der Waals surface area contributed by atoms with Crippen LogP contribution in [0.5, 0.6) is 0 Å². The van der Waals surface area contributed by atoms with Gasteiger partial charge in [-0.1, -0.05) is 17.7 Å². The van der Waals surface area contributed by atoms with Crippen molar-refractivity contribution in [1.82, 2.24) is 14.8 Å². The maximum atomic E-state index is 9.93. The predicted octanol–water partition coefficient (Wildman–Crippen LogP) is 3.38. The molecule has 27 heavy (non-hydrogen) atoms. The molecule has 3 heterocycles. The first-order valence-electron chi connectivity index (χ1n) is 10.3. The molecule has 2 aromatic rings. The van der Waals surface area contributed by atoms with Gasteiger partial charge in [-0.15, -0.1) is 0 Å². The van der Waals surface area contributed by atoms with E-state index in [1.165, 1.54) is 18.4 Å². The van der Waals surface area contributed by atoms with Crippen molar-refractivity contribution in [1.29, 1.82) is 0 Å². The van der Waals surface area contributed by atoms with E-state index in [2.05, 4.69) is 34.9 Å². The van der Waals surface area contributed by atoms with E-state index in [1.54, 1.807) is 0 Å². The fourth-order valence-corrected chi connectivity index (χ4v) is 4.45. The van der Waals surface area contributed by atoms with Crippen LogP contribution in [-0.4, -0.2) is 58.2 Å². The molecule has 1 atom stereocenters. The average molecular weight is 370 g/mol. The Bertz CT molecular complexity index is 765. The van der Waals surface area contributed by atoms with Gasteiger partial charge >= 0.3 is 0 Å². The highest BCUT2D eigenvalue weighted by molar-refractivity contribution is 5.54. The maximum absolute atomic E-state index is 9.93. The number of piperidine rings is 2. The van der Waals surface area contributed by atoms with Crippen LogP contribution in [0.4, 0.5) is 0 Å². The number of nitrogens with zero attached hydrogens (tertiary/aromatic N) is 3. The number of aliphatic hydroxyl groups is 1. The number of aryl methyl sites for hydroxylation is 2. The van der Waals surface area contributed by atoms with Crippen LogP contribution in [0.1, 0.15) is 42.7 Å². The molecule has 0 aliphatic carbocycles. The fraction of sp³-hybridized carbons (Fsp3) is 0.591. The molecule has 0 spiro atoms. The molecule has 0 saturated carbocycles.